The second kappa shape index (κ2) is 9.82. The molecule has 0 saturated heterocycles. The maximum absolute atomic E-state index is 12.3. The Balaban J connectivity index is 1.69. The minimum atomic E-state index is -0.775. The minimum absolute atomic E-state index is 0.188. The molecule has 4 amide bonds. The molecule has 168 valence electrons. The van der Waals surface area contributed by atoms with Crippen molar-refractivity contribution in [2.75, 3.05) is 12.4 Å². The van der Waals surface area contributed by atoms with Crippen molar-refractivity contribution >= 4 is 34.7 Å². The largest absolute Gasteiger partial charge is 0.457 e. The maximum atomic E-state index is 12.3. The lowest BCUT2D eigenvalue weighted by atomic mass is 10.0. The molecule has 32 heavy (non-hydrogen) atoms. The molecule has 1 aromatic carbocycles. The average molecular weight is 438 g/mol. The van der Waals surface area contributed by atoms with Gasteiger partial charge in [-0.3, -0.25) is 14.7 Å². The van der Waals surface area contributed by atoms with Crippen LogP contribution < -0.4 is 26.4 Å². The van der Waals surface area contributed by atoms with E-state index in [1.165, 1.54) is 10.8 Å². The number of hydrogen-bond donors (Lipinski definition) is 4. The topological polar surface area (TPSA) is 140 Å². The quantitative estimate of drug-likeness (QED) is 0.449. The van der Waals surface area contributed by atoms with Gasteiger partial charge in [0.15, 0.2) is 0 Å². The number of aromatic nitrogens is 2. The predicted octanol–water partition coefficient (Wildman–Crippen LogP) is 3.04. The zero-order valence-corrected chi connectivity index (χ0v) is 18.1. The van der Waals surface area contributed by atoms with E-state index in [0.29, 0.717) is 17.9 Å². The van der Waals surface area contributed by atoms with E-state index in [1.54, 1.807) is 43.6 Å². The van der Waals surface area contributed by atoms with E-state index < -0.39 is 18.0 Å². The lowest BCUT2D eigenvalue weighted by molar-refractivity contribution is -0.120. The molecule has 0 spiro atoms. The van der Waals surface area contributed by atoms with E-state index in [9.17, 15) is 14.4 Å². The van der Waals surface area contributed by atoms with Gasteiger partial charge in [0.25, 0.3) is 0 Å². The average Bonchev–Trinajstić information content (AvgIpc) is 3.15. The number of fused-ring (bicyclic) bond motifs is 1. The molecule has 3 rings (SSSR count). The smallest absolute Gasteiger partial charge is 0.325 e. The third-order valence-electron chi connectivity index (χ3n) is 4.66. The zero-order valence-electron chi connectivity index (χ0n) is 18.1. The molecule has 3 aromatic rings. The van der Waals surface area contributed by atoms with Crippen LogP contribution in [-0.4, -0.2) is 40.6 Å². The second-order valence-corrected chi connectivity index (χ2v) is 7.62. The van der Waals surface area contributed by atoms with E-state index in [0.717, 1.165) is 10.9 Å². The van der Waals surface area contributed by atoms with Crippen molar-refractivity contribution in [1.29, 1.82) is 0 Å². The van der Waals surface area contributed by atoms with E-state index in [4.69, 9.17) is 10.5 Å². The van der Waals surface area contributed by atoms with Gasteiger partial charge in [0, 0.05) is 30.9 Å². The summed E-state index contributed by atoms with van der Waals surface area (Å²) in [6.07, 6.45) is 3.60. The van der Waals surface area contributed by atoms with Gasteiger partial charge in [0.2, 0.25) is 5.91 Å². The summed E-state index contributed by atoms with van der Waals surface area (Å²) >= 11 is 0. The number of ether oxygens (including phenoxy) is 1. The number of primary amides is 1. The normalized spacial score (nSPS) is 11.8. The Labute approximate surface area is 185 Å². The van der Waals surface area contributed by atoms with Crippen molar-refractivity contribution in [1.82, 2.24) is 20.2 Å². The van der Waals surface area contributed by atoms with Crippen molar-refractivity contribution in [2.24, 2.45) is 11.7 Å². The molecule has 0 radical (unpaired) electrons. The van der Waals surface area contributed by atoms with Gasteiger partial charge in [-0.1, -0.05) is 13.8 Å². The highest BCUT2D eigenvalue weighted by molar-refractivity contribution is 5.93. The van der Waals surface area contributed by atoms with Crippen molar-refractivity contribution in [2.45, 2.75) is 26.3 Å². The molecule has 0 fully saturated rings. The molecule has 10 heteroatoms. The minimum Gasteiger partial charge on any atom is -0.457 e. The number of anilines is 1. The van der Waals surface area contributed by atoms with Crippen LogP contribution in [0.4, 0.5) is 15.4 Å². The van der Waals surface area contributed by atoms with Crippen LogP contribution in [0, 0.1) is 5.92 Å². The highest BCUT2D eigenvalue weighted by atomic mass is 16.5. The van der Waals surface area contributed by atoms with Gasteiger partial charge in [-0.05, 0) is 42.7 Å². The second-order valence-electron chi connectivity index (χ2n) is 7.62. The molecule has 0 aliphatic rings. The summed E-state index contributed by atoms with van der Waals surface area (Å²) < 4.78 is 7.39. The van der Waals surface area contributed by atoms with Crippen molar-refractivity contribution < 1.29 is 19.1 Å². The summed E-state index contributed by atoms with van der Waals surface area (Å²) in [7, 11) is 1.57. The number of benzene rings is 1. The number of nitrogens with two attached hydrogens (primary N) is 1. The molecule has 0 unspecified atom stereocenters. The molecule has 0 aliphatic heterocycles. The number of nitrogens with one attached hydrogen (secondary N) is 3. The first-order valence-electron chi connectivity index (χ1n) is 10.1. The summed E-state index contributed by atoms with van der Waals surface area (Å²) in [4.78, 5) is 39.8. The Kier molecular flexibility index (Phi) is 6.93. The number of carbonyl (C=O) groups excluding carboxylic acids is 3. The fourth-order valence-corrected chi connectivity index (χ4v) is 3.19. The van der Waals surface area contributed by atoms with Crippen LogP contribution in [0.3, 0.4) is 0 Å². The van der Waals surface area contributed by atoms with Crippen LogP contribution in [0.1, 0.15) is 20.3 Å². The highest BCUT2D eigenvalue weighted by Gasteiger charge is 2.19. The molecule has 0 aliphatic carbocycles. The van der Waals surface area contributed by atoms with E-state index >= 15 is 0 Å². The first-order valence-corrected chi connectivity index (χ1v) is 10.1. The number of hydrogen-bond acceptors (Lipinski definition) is 5. The Bertz CT molecular complexity index is 1140. The predicted molar refractivity (Wildman–Crippen MR) is 121 cm³/mol. The summed E-state index contributed by atoms with van der Waals surface area (Å²) in [6.45, 7) is 3.87. The van der Waals surface area contributed by atoms with Gasteiger partial charge >= 0.3 is 12.1 Å². The monoisotopic (exact) mass is 438 g/mol. The highest BCUT2D eigenvalue weighted by Crippen LogP contribution is 2.27. The fourth-order valence-electron chi connectivity index (χ4n) is 3.19. The molecule has 2 aromatic heterocycles. The number of pyridine rings is 1. The van der Waals surface area contributed by atoms with Crippen LogP contribution in [-0.2, 0) is 4.79 Å². The molecular formula is C22H26N6O4. The standard InChI is InChI=1S/C22H26N6O4/c1-13(2)10-17(20(23)29)26-21(30)27-19-12-16(6-8-25-19)32-15-4-5-18-14(11-15)7-9-28(18)22(31)24-3/h4-9,11-13,17H,10H2,1-3H3,(H2,23,29)(H,24,31)(H2,25,26,27,30)/t17-/m0/s1. The van der Waals surface area contributed by atoms with Crippen LogP contribution in [0.25, 0.3) is 10.9 Å². The molecule has 0 bridgehead atoms. The summed E-state index contributed by atoms with van der Waals surface area (Å²) in [5.74, 6) is 0.848. The van der Waals surface area contributed by atoms with Crippen molar-refractivity contribution in [3.8, 4) is 11.5 Å². The first-order chi connectivity index (χ1) is 15.3. The van der Waals surface area contributed by atoms with Gasteiger partial charge < -0.3 is 21.1 Å². The Morgan fingerprint density at radius 2 is 1.88 bits per heavy atom. The third kappa shape index (κ3) is 5.54. The number of amides is 4. The SMILES string of the molecule is CNC(=O)n1ccc2cc(Oc3ccnc(NC(=O)N[C@@H](CC(C)C)C(N)=O)c3)ccc21. The fraction of sp³-hybridized carbons (Fsp3) is 0.273. The molecule has 10 nitrogen and oxygen atoms in total. The number of rotatable bonds is 7. The molecule has 0 saturated carbocycles. The Morgan fingerprint density at radius 1 is 1.12 bits per heavy atom. The molecule has 1 atom stereocenters. The lowest BCUT2D eigenvalue weighted by Gasteiger charge is -2.17. The van der Waals surface area contributed by atoms with E-state index in [-0.39, 0.29) is 17.8 Å². The molecule has 5 N–H and O–H groups in total. The maximum Gasteiger partial charge on any atom is 0.325 e. The Hall–Kier alpha value is -4.08. The summed E-state index contributed by atoms with van der Waals surface area (Å²) in [6, 6.07) is 8.75. The van der Waals surface area contributed by atoms with Gasteiger partial charge in [-0.25, -0.2) is 14.6 Å². The van der Waals surface area contributed by atoms with E-state index in [2.05, 4.69) is 20.9 Å². The van der Waals surface area contributed by atoms with Crippen molar-refractivity contribution in [3.63, 3.8) is 0 Å². The van der Waals surface area contributed by atoms with Gasteiger partial charge in [0.1, 0.15) is 23.4 Å². The molecule has 2 heterocycles. The van der Waals surface area contributed by atoms with E-state index in [1.807, 2.05) is 19.9 Å². The molecular weight excluding hydrogens is 412 g/mol. The summed E-state index contributed by atoms with van der Waals surface area (Å²) in [5, 5.41) is 8.56. The number of carbonyl (C=O) groups is 3. The van der Waals surface area contributed by atoms with Crippen molar-refractivity contribution in [3.05, 3.63) is 48.8 Å². The number of urea groups is 1. The van der Waals surface area contributed by atoms with Gasteiger partial charge in [-0.15, -0.1) is 0 Å². The van der Waals surface area contributed by atoms with Crippen LogP contribution in [0.15, 0.2) is 48.8 Å². The van der Waals surface area contributed by atoms with Crippen LogP contribution in [0.2, 0.25) is 0 Å². The Morgan fingerprint density at radius 3 is 2.56 bits per heavy atom. The van der Waals surface area contributed by atoms with Gasteiger partial charge in [0.05, 0.1) is 5.52 Å². The van der Waals surface area contributed by atoms with Gasteiger partial charge in [-0.2, -0.15) is 0 Å². The lowest BCUT2D eigenvalue weighted by Crippen LogP contribution is -2.46. The zero-order chi connectivity index (χ0) is 23.3. The van der Waals surface area contributed by atoms with Crippen LogP contribution in [0.5, 0.6) is 11.5 Å². The van der Waals surface area contributed by atoms with Crippen LogP contribution >= 0.6 is 0 Å². The number of nitrogens with zero attached hydrogens (tertiary/aromatic N) is 2. The summed E-state index contributed by atoms with van der Waals surface area (Å²) in [5.41, 5.74) is 6.11. The first kappa shape index (κ1) is 22.6. The third-order valence-corrected chi connectivity index (χ3v) is 4.66.